The fourth-order valence-electron chi connectivity index (χ4n) is 4.30. The lowest BCUT2D eigenvalue weighted by Crippen LogP contribution is -2.53. The Morgan fingerprint density at radius 3 is 2.15 bits per heavy atom. The molecule has 2 atom stereocenters. The Hall–Kier alpha value is -2.22. The molecule has 0 bridgehead atoms. The monoisotopic (exact) mass is 563 g/mol. The predicted molar refractivity (Wildman–Crippen MR) is 163 cm³/mol. The quantitative estimate of drug-likeness (QED) is 0.192. The summed E-state index contributed by atoms with van der Waals surface area (Å²) in [5.74, 6) is 0.257. The second-order valence-corrected chi connectivity index (χ2v) is 12.2. The molecule has 0 spiro atoms. The molecule has 0 aliphatic rings. The third-order valence-electron chi connectivity index (χ3n) is 6.42. The van der Waals surface area contributed by atoms with Crippen LogP contribution in [0, 0.1) is 6.92 Å². The van der Waals surface area contributed by atoms with Crippen LogP contribution >= 0.6 is 11.8 Å². The lowest BCUT2D eigenvalue weighted by atomic mass is 10.00. The number of unbranched alkanes of at least 4 members (excludes halogenated alkanes) is 6. The Morgan fingerprint density at radius 1 is 0.949 bits per heavy atom. The second kappa shape index (κ2) is 19.0. The molecule has 2 unspecified atom stereocenters. The highest BCUT2D eigenvalue weighted by atomic mass is 32.2. The Kier molecular flexibility index (Phi) is 16.9. The average Bonchev–Trinajstić information content (AvgIpc) is 2.87. The number of rotatable bonds is 18. The maximum Gasteiger partial charge on any atom is 0.408 e. The summed E-state index contributed by atoms with van der Waals surface area (Å²) in [5.41, 5.74) is 1.18. The van der Waals surface area contributed by atoms with E-state index in [9.17, 15) is 14.4 Å². The van der Waals surface area contributed by atoms with Crippen molar-refractivity contribution in [1.82, 2.24) is 15.5 Å². The van der Waals surface area contributed by atoms with Gasteiger partial charge in [0.15, 0.2) is 0 Å². The Morgan fingerprint density at radius 2 is 1.56 bits per heavy atom. The first kappa shape index (κ1) is 34.8. The summed E-state index contributed by atoms with van der Waals surface area (Å²) < 4.78 is 5.48. The highest BCUT2D eigenvalue weighted by Crippen LogP contribution is 2.25. The summed E-state index contributed by atoms with van der Waals surface area (Å²) in [7, 11) is 0. The lowest BCUT2D eigenvalue weighted by Gasteiger charge is -2.34. The summed E-state index contributed by atoms with van der Waals surface area (Å²) in [6.45, 7) is 12.7. The number of amides is 3. The highest BCUT2D eigenvalue weighted by Gasteiger charge is 2.35. The van der Waals surface area contributed by atoms with Crippen molar-refractivity contribution in [2.45, 2.75) is 117 Å². The van der Waals surface area contributed by atoms with Crippen molar-refractivity contribution < 1.29 is 19.1 Å². The summed E-state index contributed by atoms with van der Waals surface area (Å²) in [4.78, 5) is 42.3. The number of benzene rings is 1. The van der Waals surface area contributed by atoms with Gasteiger partial charge in [0.1, 0.15) is 17.7 Å². The van der Waals surface area contributed by atoms with E-state index < -0.39 is 23.8 Å². The molecular formula is C31H53N3O4S. The molecule has 222 valence electrons. The molecule has 1 rings (SSSR count). The molecule has 39 heavy (non-hydrogen) atoms. The maximum atomic E-state index is 14.2. The number of alkyl carbamates (subject to hydrolysis) is 1. The third kappa shape index (κ3) is 14.1. The van der Waals surface area contributed by atoms with Crippen LogP contribution in [-0.4, -0.2) is 59.5 Å². The minimum absolute atomic E-state index is 0.183. The van der Waals surface area contributed by atoms with Crippen LogP contribution in [0.15, 0.2) is 24.3 Å². The Balaban J connectivity index is 3.37. The molecule has 0 aliphatic carbocycles. The van der Waals surface area contributed by atoms with Gasteiger partial charge in [0, 0.05) is 13.1 Å². The summed E-state index contributed by atoms with van der Waals surface area (Å²) in [6.07, 6.45) is 9.91. The predicted octanol–water partition coefficient (Wildman–Crippen LogP) is 6.79. The molecule has 0 radical (unpaired) electrons. The molecule has 1 aromatic rings. The number of carbonyl (C=O) groups excluding carboxylic acids is 3. The zero-order chi connectivity index (χ0) is 29.3. The standard InChI is InChI=1S/C31H53N3O4S/c1-8-10-12-13-15-22-34(29(36)26(20-23-39-7)33-30(37)38-31(4,5)6)27(25-18-16-24(3)17-19-25)28(35)32-21-14-11-9-2/h16-19,26-27H,8-15,20-23H2,1-7H3,(H,32,35)(H,33,37). The van der Waals surface area contributed by atoms with Crippen LogP contribution in [0.25, 0.3) is 0 Å². The van der Waals surface area contributed by atoms with Gasteiger partial charge in [-0.25, -0.2) is 4.79 Å². The zero-order valence-electron chi connectivity index (χ0n) is 25.4. The number of nitrogens with one attached hydrogen (secondary N) is 2. The van der Waals surface area contributed by atoms with Crippen molar-refractivity contribution in [3.63, 3.8) is 0 Å². The number of hydrogen-bond donors (Lipinski definition) is 2. The van der Waals surface area contributed by atoms with Crippen molar-refractivity contribution in [1.29, 1.82) is 0 Å². The second-order valence-electron chi connectivity index (χ2n) is 11.2. The van der Waals surface area contributed by atoms with Gasteiger partial charge in [-0.1, -0.05) is 82.2 Å². The minimum atomic E-state index is -0.788. The van der Waals surface area contributed by atoms with E-state index in [1.54, 1.807) is 37.4 Å². The van der Waals surface area contributed by atoms with Crippen LogP contribution in [0.5, 0.6) is 0 Å². The van der Waals surface area contributed by atoms with Crippen molar-refractivity contribution in [2.75, 3.05) is 25.1 Å². The Bertz CT molecular complexity index is 854. The summed E-state index contributed by atoms with van der Waals surface area (Å²) >= 11 is 1.61. The molecule has 0 aliphatic heterocycles. The smallest absolute Gasteiger partial charge is 0.408 e. The Labute approximate surface area is 241 Å². The van der Waals surface area contributed by atoms with E-state index in [1.807, 2.05) is 37.4 Å². The molecule has 8 heteroatoms. The van der Waals surface area contributed by atoms with Crippen LogP contribution in [0.1, 0.15) is 110 Å². The fraction of sp³-hybridized carbons (Fsp3) is 0.710. The third-order valence-corrected chi connectivity index (χ3v) is 7.06. The van der Waals surface area contributed by atoms with E-state index in [4.69, 9.17) is 4.74 Å². The van der Waals surface area contributed by atoms with Crippen LogP contribution in [0.2, 0.25) is 0 Å². The molecule has 0 saturated heterocycles. The van der Waals surface area contributed by atoms with Gasteiger partial charge in [0.25, 0.3) is 0 Å². The van der Waals surface area contributed by atoms with E-state index in [-0.39, 0.29) is 11.8 Å². The average molecular weight is 564 g/mol. The van der Waals surface area contributed by atoms with Crippen molar-refractivity contribution in [2.24, 2.45) is 0 Å². The van der Waals surface area contributed by atoms with Crippen LogP contribution in [-0.2, 0) is 14.3 Å². The normalized spacial score (nSPS) is 12.9. The maximum absolute atomic E-state index is 14.2. The fourth-order valence-corrected chi connectivity index (χ4v) is 4.77. The van der Waals surface area contributed by atoms with Crippen molar-refractivity contribution in [3.8, 4) is 0 Å². The van der Waals surface area contributed by atoms with Crippen molar-refractivity contribution in [3.05, 3.63) is 35.4 Å². The molecule has 3 amide bonds. The minimum Gasteiger partial charge on any atom is -0.444 e. The first-order valence-electron chi connectivity index (χ1n) is 14.7. The van der Waals surface area contributed by atoms with E-state index in [2.05, 4.69) is 24.5 Å². The molecule has 0 heterocycles. The molecule has 2 N–H and O–H groups in total. The number of nitrogens with zero attached hydrogens (tertiary/aromatic N) is 1. The molecule has 0 saturated carbocycles. The van der Waals surface area contributed by atoms with Gasteiger partial charge in [0.2, 0.25) is 11.8 Å². The first-order chi connectivity index (χ1) is 18.5. The largest absolute Gasteiger partial charge is 0.444 e. The van der Waals surface area contributed by atoms with Crippen LogP contribution in [0.3, 0.4) is 0 Å². The zero-order valence-corrected chi connectivity index (χ0v) is 26.3. The molecular weight excluding hydrogens is 510 g/mol. The highest BCUT2D eigenvalue weighted by molar-refractivity contribution is 7.98. The number of thioether (sulfide) groups is 1. The van der Waals surface area contributed by atoms with Crippen LogP contribution < -0.4 is 10.6 Å². The van der Waals surface area contributed by atoms with Gasteiger partial charge in [-0.15, -0.1) is 0 Å². The van der Waals surface area contributed by atoms with Gasteiger partial charge in [-0.2, -0.15) is 11.8 Å². The van der Waals surface area contributed by atoms with E-state index in [0.717, 1.165) is 62.5 Å². The van der Waals surface area contributed by atoms with Gasteiger partial charge in [-0.05, 0) is 64.5 Å². The van der Waals surface area contributed by atoms with Gasteiger partial charge in [-0.3, -0.25) is 9.59 Å². The summed E-state index contributed by atoms with van der Waals surface area (Å²) in [6, 6.07) is 6.25. The number of aryl methyl sites for hydroxylation is 1. The van der Waals surface area contributed by atoms with E-state index >= 15 is 0 Å². The molecule has 0 aromatic heterocycles. The summed E-state index contributed by atoms with van der Waals surface area (Å²) in [5, 5.41) is 5.90. The molecule has 7 nitrogen and oxygen atoms in total. The van der Waals surface area contributed by atoms with Crippen LogP contribution in [0.4, 0.5) is 4.79 Å². The van der Waals surface area contributed by atoms with E-state index in [1.165, 1.54) is 0 Å². The molecule has 0 fully saturated rings. The SMILES string of the molecule is CCCCCCCN(C(=O)C(CCSC)NC(=O)OC(C)(C)C)C(C(=O)NCCCCC)c1ccc(C)cc1. The first-order valence-corrected chi connectivity index (χ1v) is 16.1. The van der Waals surface area contributed by atoms with Gasteiger partial charge < -0.3 is 20.3 Å². The molecule has 1 aromatic carbocycles. The van der Waals surface area contributed by atoms with E-state index in [0.29, 0.717) is 25.3 Å². The topological polar surface area (TPSA) is 87.7 Å². The number of ether oxygens (including phenoxy) is 1. The number of carbonyl (C=O) groups is 3. The lowest BCUT2D eigenvalue weighted by molar-refractivity contribution is -0.142. The van der Waals surface area contributed by atoms with Crippen molar-refractivity contribution >= 4 is 29.7 Å². The van der Waals surface area contributed by atoms with Gasteiger partial charge >= 0.3 is 6.09 Å². The van der Waals surface area contributed by atoms with Gasteiger partial charge in [0.05, 0.1) is 0 Å². The number of hydrogen-bond acceptors (Lipinski definition) is 5.